The van der Waals surface area contributed by atoms with Crippen LogP contribution in [0.15, 0.2) is 39.8 Å². The zero-order valence-electron chi connectivity index (χ0n) is 14.6. The summed E-state index contributed by atoms with van der Waals surface area (Å²) in [5, 5.41) is 0.0959. The predicted octanol–water partition coefficient (Wildman–Crippen LogP) is 4.08. The van der Waals surface area contributed by atoms with Crippen LogP contribution < -0.4 is 4.72 Å². The molecule has 1 aromatic carbocycles. The van der Waals surface area contributed by atoms with E-state index in [2.05, 4.69) is 4.72 Å². The molecule has 1 aromatic heterocycles. The van der Waals surface area contributed by atoms with E-state index in [1.807, 2.05) is 0 Å². The van der Waals surface area contributed by atoms with E-state index in [9.17, 15) is 13.2 Å². The molecule has 0 radical (unpaired) electrons. The Morgan fingerprint density at radius 2 is 1.81 bits per heavy atom. The highest BCUT2D eigenvalue weighted by Gasteiger charge is 2.25. The monoisotopic (exact) mass is 430 g/mol. The van der Waals surface area contributed by atoms with Gasteiger partial charge in [0.15, 0.2) is 0 Å². The molecule has 1 amide bonds. The molecule has 0 spiro atoms. The van der Waals surface area contributed by atoms with Gasteiger partial charge in [-0.15, -0.1) is 0 Å². The zero-order chi connectivity index (χ0) is 19.4. The molecule has 6 nitrogen and oxygen atoms in total. The minimum absolute atomic E-state index is 0.0241. The fraction of sp³-hybridized carbons (Fsp3) is 0.389. The molecular formula is C18H20Cl2N2O4S. The van der Waals surface area contributed by atoms with Crippen molar-refractivity contribution < 1.29 is 17.6 Å². The average Bonchev–Trinajstić information content (AvgIpc) is 3.00. The molecule has 146 valence electrons. The van der Waals surface area contributed by atoms with E-state index in [-0.39, 0.29) is 33.0 Å². The van der Waals surface area contributed by atoms with Crippen LogP contribution in [0.5, 0.6) is 0 Å². The van der Waals surface area contributed by atoms with E-state index in [0.29, 0.717) is 18.8 Å². The fourth-order valence-corrected chi connectivity index (χ4v) is 4.85. The van der Waals surface area contributed by atoms with Gasteiger partial charge in [0.25, 0.3) is 5.91 Å². The van der Waals surface area contributed by atoms with E-state index in [0.717, 1.165) is 25.7 Å². The lowest BCUT2D eigenvalue weighted by Crippen LogP contribution is -2.32. The molecule has 27 heavy (non-hydrogen) atoms. The van der Waals surface area contributed by atoms with Crippen LogP contribution in [0.25, 0.3) is 0 Å². The Labute approximate surface area is 168 Å². The number of nitrogens with one attached hydrogen (secondary N) is 1. The third-order valence-electron chi connectivity index (χ3n) is 4.45. The molecule has 0 saturated carbocycles. The number of furan rings is 1. The third-order valence-corrected chi connectivity index (χ3v) is 6.63. The van der Waals surface area contributed by atoms with Crippen molar-refractivity contribution in [2.24, 2.45) is 0 Å². The second-order valence-electron chi connectivity index (χ2n) is 6.37. The van der Waals surface area contributed by atoms with E-state index in [1.54, 1.807) is 17.0 Å². The normalized spacial score (nSPS) is 15.6. The average molecular weight is 431 g/mol. The van der Waals surface area contributed by atoms with Gasteiger partial charge in [-0.3, -0.25) is 4.79 Å². The van der Waals surface area contributed by atoms with Gasteiger partial charge in [0.05, 0.1) is 28.4 Å². The molecule has 9 heteroatoms. The van der Waals surface area contributed by atoms with Crippen molar-refractivity contribution in [1.82, 2.24) is 9.62 Å². The Bertz CT molecular complexity index is 906. The highest BCUT2D eigenvalue weighted by Crippen LogP contribution is 2.30. The molecule has 1 saturated heterocycles. The summed E-state index contributed by atoms with van der Waals surface area (Å²) in [4.78, 5) is 14.4. The first-order chi connectivity index (χ1) is 12.9. The second-order valence-corrected chi connectivity index (χ2v) is 8.92. The molecule has 1 aliphatic rings. The SMILES string of the molecule is O=C(c1cc(S(=O)(=O)NCc2ccco2)c(Cl)cc1Cl)N1CCCCCC1. The number of likely N-dealkylation sites (tertiary alicyclic amines) is 1. The summed E-state index contributed by atoms with van der Waals surface area (Å²) in [5.41, 5.74) is 0.140. The molecule has 0 unspecified atom stereocenters. The van der Waals surface area contributed by atoms with Crippen LogP contribution in [0.4, 0.5) is 0 Å². The number of hydrogen-bond acceptors (Lipinski definition) is 4. The number of halogens is 2. The number of carbonyl (C=O) groups is 1. The molecule has 0 bridgehead atoms. The smallest absolute Gasteiger partial charge is 0.255 e. The first-order valence-corrected chi connectivity index (χ1v) is 10.9. The quantitative estimate of drug-likeness (QED) is 0.774. The molecule has 2 heterocycles. The third kappa shape index (κ3) is 4.85. The highest BCUT2D eigenvalue weighted by atomic mass is 35.5. The minimum Gasteiger partial charge on any atom is -0.468 e. The summed E-state index contributed by atoms with van der Waals surface area (Å²) in [6.07, 6.45) is 5.46. The summed E-state index contributed by atoms with van der Waals surface area (Å²) in [5.74, 6) is 0.186. The van der Waals surface area contributed by atoms with Crippen molar-refractivity contribution >= 4 is 39.1 Å². The van der Waals surface area contributed by atoms with Crippen molar-refractivity contribution in [3.05, 3.63) is 51.9 Å². The number of rotatable bonds is 5. The van der Waals surface area contributed by atoms with E-state index >= 15 is 0 Å². The lowest BCUT2D eigenvalue weighted by atomic mass is 10.2. The van der Waals surface area contributed by atoms with Gasteiger partial charge in [0, 0.05) is 13.1 Å². The van der Waals surface area contributed by atoms with Crippen LogP contribution in [0.1, 0.15) is 41.8 Å². The Hall–Kier alpha value is -1.54. The Balaban J connectivity index is 1.87. The summed E-state index contributed by atoms with van der Waals surface area (Å²) < 4.78 is 32.9. The van der Waals surface area contributed by atoms with Crippen LogP contribution in [-0.4, -0.2) is 32.3 Å². The Morgan fingerprint density at radius 1 is 1.11 bits per heavy atom. The van der Waals surface area contributed by atoms with Gasteiger partial charge in [-0.2, -0.15) is 0 Å². The van der Waals surface area contributed by atoms with Gasteiger partial charge in [0.2, 0.25) is 10.0 Å². The molecule has 2 aromatic rings. The van der Waals surface area contributed by atoms with Crippen molar-refractivity contribution in [3.63, 3.8) is 0 Å². The molecule has 1 fully saturated rings. The maximum Gasteiger partial charge on any atom is 0.255 e. The van der Waals surface area contributed by atoms with Gasteiger partial charge in [0.1, 0.15) is 10.7 Å². The van der Waals surface area contributed by atoms with E-state index < -0.39 is 10.0 Å². The van der Waals surface area contributed by atoms with Crippen molar-refractivity contribution in [2.75, 3.05) is 13.1 Å². The number of sulfonamides is 1. The molecular weight excluding hydrogens is 411 g/mol. The van der Waals surface area contributed by atoms with Crippen LogP contribution >= 0.6 is 23.2 Å². The molecule has 1 N–H and O–H groups in total. The van der Waals surface area contributed by atoms with E-state index in [1.165, 1.54) is 18.4 Å². The van der Waals surface area contributed by atoms with Crippen LogP contribution in [0, 0.1) is 0 Å². The topological polar surface area (TPSA) is 79.6 Å². The number of amides is 1. The Morgan fingerprint density at radius 3 is 2.44 bits per heavy atom. The molecule has 0 atom stereocenters. The van der Waals surface area contributed by atoms with Gasteiger partial charge in [-0.1, -0.05) is 36.0 Å². The number of hydrogen-bond donors (Lipinski definition) is 1. The van der Waals surface area contributed by atoms with Gasteiger partial charge in [-0.25, -0.2) is 13.1 Å². The maximum atomic E-state index is 12.9. The van der Waals surface area contributed by atoms with Crippen LogP contribution in [-0.2, 0) is 16.6 Å². The number of carbonyl (C=O) groups excluding carboxylic acids is 1. The predicted molar refractivity (Wildman–Crippen MR) is 104 cm³/mol. The first-order valence-electron chi connectivity index (χ1n) is 8.69. The standard InChI is InChI=1S/C18H20Cl2N2O4S/c19-15-11-16(20)17(27(24,25)21-12-13-6-5-9-26-13)10-14(15)18(23)22-7-3-1-2-4-8-22/h5-6,9-11,21H,1-4,7-8,12H2. The van der Waals surface area contributed by atoms with Crippen molar-refractivity contribution in [2.45, 2.75) is 37.1 Å². The lowest BCUT2D eigenvalue weighted by molar-refractivity contribution is 0.0761. The number of nitrogens with zero attached hydrogens (tertiary/aromatic N) is 1. The number of benzene rings is 1. The summed E-state index contributed by atoms with van der Waals surface area (Å²) in [6.45, 7) is 1.25. The molecule has 0 aliphatic carbocycles. The fourth-order valence-electron chi connectivity index (χ4n) is 3.00. The highest BCUT2D eigenvalue weighted by molar-refractivity contribution is 7.89. The summed E-state index contributed by atoms with van der Waals surface area (Å²) in [6, 6.07) is 5.87. The van der Waals surface area contributed by atoms with Crippen LogP contribution in [0.2, 0.25) is 10.0 Å². The van der Waals surface area contributed by atoms with Gasteiger partial charge < -0.3 is 9.32 Å². The minimum atomic E-state index is -3.95. The molecule has 3 rings (SSSR count). The summed E-state index contributed by atoms with van der Waals surface area (Å²) >= 11 is 12.3. The van der Waals surface area contributed by atoms with Crippen molar-refractivity contribution in [3.8, 4) is 0 Å². The maximum absolute atomic E-state index is 12.9. The summed E-state index contributed by atoms with van der Waals surface area (Å²) in [7, 11) is -3.95. The molecule has 1 aliphatic heterocycles. The van der Waals surface area contributed by atoms with Gasteiger partial charge >= 0.3 is 0 Å². The van der Waals surface area contributed by atoms with Crippen molar-refractivity contribution in [1.29, 1.82) is 0 Å². The van der Waals surface area contributed by atoms with Crippen LogP contribution in [0.3, 0.4) is 0 Å². The van der Waals surface area contributed by atoms with E-state index in [4.69, 9.17) is 27.6 Å². The Kier molecular flexibility index (Phi) is 6.47. The zero-order valence-corrected chi connectivity index (χ0v) is 16.9. The van der Waals surface area contributed by atoms with Gasteiger partial charge in [-0.05, 0) is 37.1 Å². The second kappa shape index (κ2) is 8.65. The largest absolute Gasteiger partial charge is 0.468 e. The first kappa shape index (κ1) is 20.2. The lowest BCUT2D eigenvalue weighted by Gasteiger charge is -2.21.